The number of hydrogen-bond acceptors (Lipinski definition) is 2. The molecule has 2 aromatic rings. The maximum absolute atomic E-state index is 13.1. The molecule has 4 heteroatoms. The van der Waals surface area contributed by atoms with Crippen molar-refractivity contribution in [3.05, 3.63) is 59.9 Å². The first-order valence-electron chi connectivity index (χ1n) is 7.09. The third-order valence-corrected chi connectivity index (χ3v) is 3.73. The van der Waals surface area contributed by atoms with Crippen molar-refractivity contribution in [3.8, 4) is 11.1 Å². The van der Waals surface area contributed by atoms with Gasteiger partial charge in [-0.1, -0.05) is 36.4 Å². The van der Waals surface area contributed by atoms with Gasteiger partial charge in [-0.15, -0.1) is 0 Å². The van der Waals surface area contributed by atoms with Crippen molar-refractivity contribution >= 4 is 5.91 Å². The molecule has 1 aliphatic heterocycles. The topological polar surface area (TPSA) is 41.1 Å². The second-order valence-corrected chi connectivity index (χ2v) is 5.17. The first kappa shape index (κ1) is 13.8. The molecule has 3 nitrogen and oxygen atoms in total. The van der Waals surface area contributed by atoms with Gasteiger partial charge >= 0.3 is 0 Å². The Hall–Kier alpha value is -2.20. The SMILES string of the molecule is O=C1NCCNC1Cc1ccccc1-c1ccc(F)cc1. The summed E-state index contributed by atoms with van der Waals surface area (Å²) in [4.78, 5) is 11.9. The summed E-state index contributed by atoms with van der Waals surface area (Å²) in [7, 11) is 0. The first-order chi connectivity index (χ1) is 10.2. The molecular formula is C17H17FN2O. The molecule has 0 aromatic heterocycles. The molecule has 1 saturated heterocycles. The summed E-state index contributed by atoms with van der Waals surface area (Å²) in [6.07, 6.45) is 0.624. The fourth-order valence-corrected chi connectivity index (χ4v) is 2.64. The van der Waals surface area contributed by atoms with Gasteiger partial charge in [0, 0.05) is 13.1 Å². The summed E-state index contributed by atoms with van der Waals surface area (Å²) in [5.41, 5.74) is 3.08. The van der Waals surface area contributed by atoms with Gasteiger partial charge in [-0.05, 0) is 35.2 Å². The van der Waals surface area contributed by atoms with Gasteiger partial charge < -0.3 is 10.6 Å². The summed E-state index contributed by atoms with van der Waals surface area (Å²) in [5, 5.41) is 6.10. The van der Waals surface area contributed by atoms with Crippen molar-refractivity contribution < 1.29 is 9.18 Å². The number of halogens is 1. The fraction of sp³-hybridized carbons (Fsp3) is 0.235. The van der Waals surface area contributed by atoms with E-state index in [-0.39, 0.29) is 17.8 Å². The van der Waals surface area contributed by atoms with Gasteiger partial charge in [0.25, 0.3) is 0 Å². The quantitative estimate of drug-likeness (QED) is 0.906. The van der Waals surface area contributed by atoms with Crippen LogP contribution in [0.25, 0.3) is 11.1 Å². The van der Waals surface area contributed by atoms with Crippen LogP contribution in [0.2, 0.25) is 0 Å². The molecule has 0 spiro atoms. The van der Waals surface area contributed by atoms with E-state index in [0.29, 0.717) is 13.0 Å². The van der Waals surface area contributed by atoms with Crippen LogP contribution in [-0.2, 0) is 11.2 Å². The molecule has 21 heavy (non-hydrogen) atoms. The maximum atomic E-state index is 13.1. The van der Waals surface area contributed by atoms with Crippen molar-refractivity contribution in [1.82, 2.24) is 10.6 Å². The van der Waals surface area contributed by atoms with Gasteiger partial charge in [0.1, 0.15) is 5.82 Å². The number of nitrogens with one attached hydrogen (secondary N) is 2. The summed E-state index contributed by atoms with van der Waals surface area (Å²) < 4.78 is 13.1. The molecule has 0 aliphatic carbocycles. The Labute approximate surface area is 123 Å². The molecule has 0 radical (unpaired) electrons. The number of carbonyl (C=O) groups is 1. The molecule has 0 saturated carbocycles. The summed E-state index contributed by atoms with van der Waals surface area (Å²) in [6.45, 7) is 1.46. The molecule has 1 unspecified atom stereocenters. The van der Waals surface area contributed by atoms with Crippen molar-refractivity contribution in [2.24, 2.45) is 0 Å². The molecule has 2 aromatic carbocycles. The van der Waals surface area contributed by atoms with E-state index in [1.165, 1.54) is 12.1 Å². The third-order valence-electron chi connectivity index (χ3n) is 3.73. The third kappa shape index (κ3) is 3.11. The Morgan fingerprint density at radius 2 is 1.81 bits per heavy atom. The molecule has 3 rings (SSSR count). The predicted molar refractivity (Wildman–Crippen MR) is 80.3 cm³/mol. The molecule has 108 valence electrons. The van der Waals surface area contributed by atoms with Crippen LogP contribution in [0.1, 0.15) is 5.56 Å². The van der Waals surface area contributed by atoms with Crippen LogP contribution in [0, 0.1) is 5.82 Å². The van der Waals surface area contributed by atoms with E-state index < -0.39 is 0 Å². The van der Waals surface area contributed by atoms with Crippen LogP contribution in [0.4, 0.5) is 4.39 Å². The molecule has 2 N–H and O–H groups in total. The highest BCUT2D eigenvalue weighted by Gasteiger charge is 2.22. The van der Waals surface area contributed by atoms with Crippen molar-refractivity contribution in [2.75, 3.05) is 13.1 Å². The van der Waals surface area contributed by atoms with E-state index in [9.17, 15) is 9.18 Å². The molecule has 0 bridgehead atoms. The zero-order valence-corrected chi connectivity index (χ0v) is 11.6. The average Bonchev–Trinajstić information content (AvgIpc) is 2.51. The minimum atomic E-state index is -0.246. The van der Waals surface area contributed by atoms with Crippen molar-refractivity contribution in [2.45, 2.75) is 12.5 Å². The lowest BCUT2D eigenvalue weighted by Crippen LogP contribution is -2.53. The van der Waals surface area contributed by atoms with E-state index in [1.54, 1.807) is 12.1 Å². The van der Waals surface area contributed by atoms with Gasteiger partial charge in [-0.2, -0.15) is 0 Å². The lowest BCUT2D eigenvalue weighted by atomic mass is 9.94. The summed E-state index contributed by atoms with van der Waals surface area (Å²) >= 11 is 0. The van der Waals surface area contributed by atoms with E-state index in [2.05, 4.69) is 10.6 Å². The number of benzene rings is 2. The second kappa shape index (κ2) is 6.06. The van der Waals surface area contributed by atoms with Crippen molar-refractivity contribution in [1.29, 1.82) is 0 Å². The highest BCUT2D eigenvalue weighted by molar-refractivity contribution is 5.83. The highest BCUT2D eigenvalue weighted by Crippen LogP contribution is 2.25. The Kier molecular flexibility index (Phi) is 3.97. The van der Waals surface area contributed by atoms with Crippen LogP contribution in [0.3, 0.4) is 0 Å². The molecule has 1 heterocycles. The monoisotopic (exact) mass is 284 g/mol. The largest absolute Gasteiger partial charge is 0.353 e. The lowest BCUT2D eigenvalue weighted by molar-refractivity contribution is -0.124. The van der Waals surface area contributed by atoms with Crippen LogP contribution >= 0.6 is 0 Å². The Balaban J connectivity index is 1.89. The minimum absolute atomic E-state index is 0.0372. The van der Waals surface area contributed by atoms with Crippen LogP contribution in [-0.4, -0.2) is 25.0 Å². The van der Waals surface area contributed by atoms with Gasteiger partial charge in [-0.3, -0.25) is 4.79 Å². The molecule has 1 aliphatic rings. The fourth-order valence-electron chi connectivity index (χ4n) is 2.64. The van der Waals surface area contributed by atoms with E-state index in [0.717, 1.165) is 23.2 Å². The van der Waals surface area contributed by atoms with Crippen molar-refractivity contribution in [3.63, 3.8) is 0 Å². The normalized spacial score (nSPS) is 18.3. The Bertz CT molecular complexity index is 639. The highest BCUT2D eigenvalue weighted by atomic mass is 19.1. The molecule has 1 amide bonds. The van der Waals surface area contributed by atoms with Gasteiger partial charge in [0.15, 0.2) is 0 Å². The predicted octanol–water partition coefficient (Wildman–Crippen LogP) is 2.12. The van der Waals surface area contributed by atoms with Gasteiger partial charge in [0.05, 0.1) is 6.04 Å². The average molecular weight is 284 g/mol. The zero-order valence-electron chi connectivity index (χ0n) is 11.6. The van der Waals surface area contributed by atoms with Gasteiger partial charge in [-0.25, -0.2) is 4.39 Å². The van der Waals surface area contributed by atoms with E-state index in [4.69, 9.17) is 0 Å². The number of carbonyl (C=O) groups excluding carboxylic acids is 1. The maximum Gasteiger partial charge on any atom is 0.237 e. The molecule has 1 atom stereocenters. The van der Waals surface area contributed by atoms with E-state index in [1.807, 2.05) is 24.3 Å². The first-order valence-corrected chi connectivity index (χ1v) is 7.09. The smallest absolute Gasteiger partial charge is 0.237 e. The minimum Gasteiger partial charge on any atom is -0.353 e. The Morgan fingerprint density at radius 1 is 1.05 bits per heavy atom. The van der Waals surface area contributed by atoms with Crippen LogP contribution in [0.5, 0.6) is 0 Å². The number of amides is 1. The number of piperazine rings is 1. The molecule has 1 fully saturated rings. The zero-order chi connectivity index (χ0) is 14.7. The van der Waals surface area contributed by atoms with Crippen LogP contribution in [0.15, 0.2) is 48.5 Å². The number of hydrogen-bond donors (Lipinski definition) is 2. The summed E-state index contributed by atoms with van der Waals surface area (Å²) in [6, 6.07) is 14.2. The Morgan fingerprint density at radius 3 is 2.57 bits per heavy atom. The number of rotatable bonds is 3. The standard InChI is InChI=1S/C17H17FN2O/c18-14-7-5-12(6-8-14)15-4-2-1-3-13(15)11-16-17(21)20-10-9-19-16/h1-8,16,19H,9-11H2,(H,20,21). The summed E-state index contributed by atoms with van der Waals surface area (Å²) in [5.74, 6) is -0.209. The van der Waals surface area contributed by atoms with E-state index >= 15 is 0 Å². The van der Waals surface area contributed by atoms with Crippen LogP contribution < -0.4 is 10.6 Å². The second-order valence-electron chi connectivity index (χ2n) is 5.17. The lowest BCUT2D eigenvalue weighted by Gasteiger charge is -2.24. The van der Waals surface area contributed by atoms with Gasteiger partial charge in [0.2, 0.25) is 5.91 Å². The molecular weight excluding hydrogens is 267 g/mol.